The van der Waals surface area contributed by atoms with Gasteiger partial charge in [0.2, 0.25) is 5.91 Å². The van der Waals surface area contributed by atoms with Crippen LogP contribution in [0.4, 0.5) is 5.13 Å². The molecule has 0 saturated carbocycles. The average molecular weight is 337 g/mol. The Balaban J connectivity index is 1.70. The SMILES string of the molecule is CCc1ccc(-c2csc(NC(=O)C3(N)CCOCC3)n2)s1. The standard InChI is InChI=1S/C15H19N3O2S2/c1-2-10-3-4-12(22-10)11-9-21-14(17-11)18-13(19)15(16)5-7-20-8-6-15/h3-4,9H,2,5-8,16H2,1H3,(H,17,18,19). The molecule has 1 aliphatic heterocycles. The molecule has 3 heterocycles. The van der Waals surface area contributed by atoms with E-state index < -0.39 is 5.54 Å². The monoisotopic (exact) mass is 337 g/mol. The topological polar surface area (TPSA) is 77.2 Å². The number of nitrogens with zero attached hydrogens (tertiary/aromatic N) is 1. The van der Waals surface area contributed by atoms with Crippen LogP contribution >= 0.6 is 22.7 Å². The summed E-state index contributed by atoms with van der Waals surface area (Å²) in [5, 5.41) is 5.42. The first-order valence-corrected chi connectivity index (χ1v) is 9.03. The summed E-state index contributed by atoms with van der Waals surface area (Å²) >= 11 is 3.16. The van der Waals surface area contributed by atoms with E-state index in [-0.39, 0.29) is 5.91 Å². The number of hydrogen-bond acceptors (Lipinski definition) is 6. The highest BCUT2D eigenvalue weighted by Crippen LogP contribution is 2.31. The summed E-state index contributed by atoms with van der Waals surface area (Å²) in [6, 6.07) is 4.20. The minimum absolute atomic E-state index is 0.169. The molecule has 3 N–H and O–H groups in total. The van der Waals surface area contributed by atoms with Crippen LogP contribution in [0.5, 0.6) is 0 Å². The second kappa shape index (κ2) is 6.45. The first-order valence-electron chi connectivity index (χ1n) is 7.33. The number of ether oxygens (including phenoxy) is 1. The number of thiazole rings is 1. The average Bonchev–Trinajstić information content (AvgIpc) is 3.16. The molecule has 7 heteroatoms. The maximum Gasteiger partial charge on any atom is 0.246 e. The highest BCUT2D eigenvalue weighted by molar-refractivity contribution is 7.17. The largest absolute Gasteiger partial charge is 0.381 e. The fourth-order valence-corrected chi connectivity index (χ4v) is 4.02. The maximum absolute atomic E-state index is 12.4. The van der Waals surface area contributed by atoms with Crippen LogP contribution in [0, 0.1) is 0 Å². The highest BCUT2D eigenvalue weighted by Gasteiger charge is 2.36. The van der Waals surface area contributed by atoms with Gasteiger partial charge in [0.15, 0.2) is 5.13 Å². The van der Waals surface area contributed by atoms with E-state index in [1.165, 1.54) is 16.2 Å². The molecule has 3 rings (SSSR count). The number of aromatic nitrogens is 1. The fourth-order valence-electron chi connectivity index (χ4n) is 2.33. The third-order valence-corrected chi connectivity index (χ3v) is 5.83. The number of nitrogens with one attached hydrogen (secondary N) is 1. The van der Waals surface area contributed by atoms with E-state index in [0.29, 0.717) is 31.2 Å². The van der Waals surface area contributed by atoms with Crippen molar-refractivity contribution in [2.75, 3.05) is 18.5 Å². The van der Waals surface area contributed by atoms with Crippen LogP contribution in [-0.2, 0) is 16.0 Å². The zero-order valence-electron chi connectivity index (χ0n) is 12.4. The molecule has 22 heavy (non-hydrogen) atoms. The number of rotatable bonds is 4. The molecule has 2 aromatic rings. The Kier molecular flexibility index (Phi) is 4.58. The van der Waals surface area contributed by atoms with E-state index in [2.05, 4.69) is 29.4 Å². The molecule has 0 radical (unpaired) electrons. The Morgan fingerprint density at radius 2 is 2.23 bits per heavy atom. The van der Waals surface area contributed by atoms with Gasteiger partial charge in [0.05, 0.1) is 10.6 Å². The fraction of sp³-hybridized carbons (Fsp3) is 0.467. The van der Waals surface area contributed by atoms with E-state index in [0.717, 1.165) is 17.0 Å². The molecule has 5 nitrogen and oxygen atoms in total. The van der Waals surface area contributed by atoms with Crippen LogP contribution in [0.15, 0.2) is 17.5 Å². The number of thiophene rings is 1. The van der Waals surface area contributed by atoms with Crippen molar-refractivity contribution >= 4 is 33.7 Å². The van der Waals surface area contributed by atoms with Crippen LogP contribution in [0.2, 0.25) is 0 Å². The van der Waals surface area contributed by atoms with Gasteiger partial charge in [-0.15, -0.1) is 22.7 Å². The second-order valence-corrected chi connectivity index (χ2v) is 7.41. The van der Waals surface area contributed by atoms with Crippen LogP contribution in [0.25, 0.3) is 10.6 Å². The van der Waals surface area contributed by atoms with Gasteiger partial charge < -0.3 is 15.8 Å². The predicted octanol–water partition coefficient (Wildman–Crippen LogP) is 2.88. The molecule has 1 aliphatic rings. The molecule has 118 valence electrons. The number of carbonyl (C=O) groups excluding carboxylic acids is 1. The Morgan fingerprint density at radius 3 is 2.91 bits per heavy atom. The van der Waals surface area contributed by atoms with E-state index in [4.69, 9.17) is 10.5 Å². The minimum atomic E-state index is -0.845. The van der Waals surface area contributed by atoms with E-state index in [9.17, 15) is 4.79 Å². The quantitative estimate of drug-likeness (QED) is 0.899. The van der Waals surface area contributed by atoms with Crippen molar-refractivity contribution in [1.29, 1.82) is 0 Å². The lowest BCUT2D eigenvalue weighted by Gasteiger charge is -2.31. The number of nitrogens with two attached hydrogens (primary N) is 1. The van der Waals surface area contributed by atoms with Gasteiger partial charge in [-0.1, -0.05) is 6.92 Å². The molecule has 0 bridgehead atoms. The van der Waals surface area contributed by atoms with Crippen LogP contribution in [0.3, 0.4) is 0 Å². The molecule has 2 aromatic heterocycles. The van der Waals surface area contributed by atoms with Gasteiger partial charge in [-0.3, -0.25) is 4.79 Å². The summed E-state index contributed by atoms with van der Waals surface area (Å²) in [4.78, 5) is 19.3. The molecule has 1 fully saturated rings. The van der Waals surface area contributed by atoms with Crippen molar-refractivity contribution in [2.45, 2.75) is 31.7 Å². The summed E-state index contributed by atoms with van der Waals surface area (Å²) < 4.78 is 5.27. The van der Waals surface area contributed by atoms with Crippen LogP contribution < -0.4 is 11.1 Å². The second-order valence-electron chi connectivity index (χ2n) is 5.38. The predicted molar refractivity (Wildman–Crippen MR) is 90.4 cm³/mol. The number of amides is 1. The Labute approximate surface area is 137 Å². The van der Waals surface area contributed by atoms with Crippen LogP contribution in [-0.4, -0.2) is 29.6 Å². The van der Waals surface area contributed by atoms with Crippen molar-refractivity contribution in [3.05, 3.63) is 22.4 Å². The first-order chi connectivity index (χ1) is 10.6. The molecule has 1 saturated heterocycles. The van der Waals surface area contributed by atoms with Crippen molar-refractivity contribution in [3.63, 3.8) is 0 Å². The molecular weight excluding hydrogens is 318 g/mol. The Morgan fingerprint density at radius 1 is 1.45 bits per heavy atom. The summed E-state index contributed by atoms with van der Waals surface area (Å²) in [6.45, 7) is 3.20. The summed E-state index contributed by atoms with van der Waals surface area (Å²) in [5.74, 6) is -0.169. The van der Waals surface area contributed by atoms with Gasteiger partial charge in [0, 0.05) is 23.5 Å². The van der Waals surface area contributed by atoms with Crippen LogP contribution in [0.1, 0.15) is 24.6 Å². The summed E-state index contributed by atoms with van der Waals surface area (Å²) in [6.07, 6.45) is 2.11. The lowest BCUT2D eigenvalue weighted by Crippen LogP contribution is -2.54. The normalized spacial score (nSPS) is 17.4. The van der Waals surface area contributed by atoms with Gasteiger partial charge in [-0.25, -0.2) is 4.98 Å². The van der Waals surface area contributed by atoms with Gasteiger partial charge >= 0.3 is 0 Å². The van der Waals surface area contributed by atoms with Crippen molar-refractivity contribution in [1.82, 2.24) is 4.98 Å². The van der Waals surface area contributed by atoms with E-state index in [1.54, 1.807) is 11.3 Å². The minimum Gasteiger partial charge on any atom is -0.381 e. The number of aryl methyl sites for hydroxylation is 1. The molecule has 0 atom stereocenters. The molecule has 0 aliphatic carbocycles. The number of anilines is 1. The van der Waals surface area contributed by atoms with E-state index >= 15 is 0 Å². The highest BCUT2D eigenvalue weighted by atomic mass is 32.1. The molecule has 0 unspecified atom stereocenters. The Bertz CT molecular complexity index is 659. The van der Waals surface area contributed by atoms with Crippen molar-refractivity contribution in [3.8, 4) is 10.6 Å². The van der Waals surface area contributed by atoms with Gasteiger partial charge in [0.1, 0.15) is 5.54 Å². The zero-order valence-corrected chi connectivity index (χ0v) is 14.1. The smallest absolute Gasteiger partial charge is 0.246 e. The van der Waals surface area contributed by atoms with E-state index in [1.807, 2.05) is 5.38 Å². The number of hydrogen-bond donors (Lipinski definition) is 2. The van der Waals surface area contributed by atoms with Gasteiger partial charge in [-0.2, -0.15) is 0 Å². The first kappa shape index (κ1) is 15.6. The third kappa shape index (κ3) is 3.22. The lowest BCUT2D eigenvalue weighted by molar-refractivity contribution is -0.124. The summed E-state index contributed by atoms with van der Waals surface area (Å²) in [5.41, 5.74) is 6.24. The van der Waals surface area contributed by atoms with Gasteiger partial charge in [0.25, 0.3) is 0 Å². The number of carbonyl (C=O) groups is 1. The third-order valence-electron chi connectivity index (χ3n) is 3.82. The Hall–Kier alpha value is -1.28. The van der Waals surface area contributed by atoms with Crippen molar-refractivity contribution < 1.29 is 9.53 Å². The zero-order chi connectivity index (χ0) is 15.6. The van der Waals surface area contributed by atoms with Gasteiger partial charge in [-0.05, 0) is 31.4 Å². The molecular formula is C15H19N3O2S2. The summed E-state index contributed by atoms with van der Waals surface area (Å²) in [7, 11) is 0. The molecule has 0 aromatic carbocycles. The maximum atomic E-state index is 12.4. The molecule has 1 amide bonds. The van der Waals surface area contributed by atoms with Crippen molar-refractivity contribution in [2.24, 2.45) is 5.73 Å². The lowest BCUT2D eigenvalue weighted by atomic mass is 9.90. The molecule has 0 spiro atoms.